The van der Waals surface area contributed by atoms with Crippen LogP contribution in [0.2, 0.25) is 5.15 Å². The SMILES string of the molecule is CC.CC.COc1ccc(Cn2cc3c(n2)c(=O)[nH]c2ccccc23)cc1.COc1ccc(Cn2cc3c(n2)c(Cl)nc2ccccc23)cc1.O=P(Cl)(Cl)Cl. The molecule has 0 amide bonds. The van der Waals surface area contributed by atoms with Crippen molar-refractivity contribution in [1.29, 1.82) is 0 Å². The molecule has 288 valence electrons. The standard InChI is InChI=1S/C18H14ClN3O.C18H15N3O2.2C2H6.Cl3OP/c1-23-13-8-6-12(7-9-13)10-22-11-15-14-4-2-3-5-16(14)20-18(19)17(15)21-22;1-23-13-8-6-12(7-9-13)10-21-11-15-14-4-2-3-5-16(14)19-18(22)17(15)20-21;2*1-2;1-5(2,3)4/h2-9,11H,10H2,1H3;2-9,11H,10H2,1H3,(H,19,22);2*1-2H3;. The average Bonchev–Trinajstić information content (AvgIpc) is 3.83. The molecule has 1 N–H and O–H groups in total. The molecule has 15 heteroatoms. The van der Waals surface area contributed by atoms with Gasteiger partial charge in [-0.25, -0.2) is 4.98 Å². The third kappa shape index (κ3) is 11.7. The van der Waals surface area contributed by atoms with E-state index in [1.165, 1.54) is 0 Å². The summed E-state index contributed by atoms with van der Waals surface area (Å²) < 4.78 is 23.6. The lowest BCUT2D eigenvalue weighted by Gasteiger charge is -2.03. The van der Waals surface area contributed by atoms with Gasteiger partial charge in [0.05, 0.1) is 32.8 Å². The molecular weight excluding hydrogens is 801 g/mol. The van der Waals surface area contributed by atoms with Crippen LogP contribution in [0.15, 0.2) is 114 Å². The molecule has 0 aliphatic carbocycles. The number of H-pyrrole nitrogens is 1. The Kier molecular flexibility index (Phi) is 16.0. The van der Waals surface area contributed by atoms with E-state index in [0.29, 0.717) is 23.8 Å². The van der Waals surface area contributed by atoms with E-state index in [1.807, 2.05) is 142 Å². The number of methoxy groups -OCH3 is 2. The fourth-order valence-electron chi connectivity index (χ4n) is 5.52. The molecule has 0 aliphatic heterocycles. The molecule has 0 fully saturated rings. The van der Waals surface area contributed by atoms with Crippen LogP contribution in [0.1, 0.15) is 38.8 Å². The van der Waals surface area contributed by atoms with Gasteiger partial charge in [-0.3, -0.25) is 18.7 Å². The average molecular weight is 843 g/mol. The number of fused-ring (bicyclic) bond motifs is 6. The molecule has 0 bridgehead atoms. The van der Waals surface area contributed by atoms with Crippen LogP contribution >= 0.6 is 50.5 Å². The van der Waals surface area contributed by atoms with Crippen LogP contribution in [0.25, 0.3) is 43.6 Å². The molecular formula is C40H41Cl4N6O4P. The first-order valence-electron chi connectivity index (χ1n) is 17.3. The number of pyridine rings is 2. The Morgan fingerprint density at radius 1 is 0.636 bits per heavy atom. The largest absolute Gasteiger partial charge is 0.497 e. The number of ether oxygens (including phenoxy) is 2. The molecule has 0 atom stereocenters. The maximum Gasteiger partial charge on any atom is 0.339 e. The normalized spacial score (nSPS) is 10.7. The van der Waals surface area contributed by atoms with Crippen LogP contribution in [-0.2, 0) is 17.7 Å². The molecule has 0 aliphatic rings. The van der Waals surface area contributed by atoms with Gasteiger partial charge in [-0.1, -0.05) is 100.0 Å². The van der Waals surface area contributed by atoms with Crippen LogP contribution in [0.3, 0.4) is 0 Å². The zero-order chi connectivity index (χ0) is 40.1. The van der Waals surface area contributed by atoms with Crippen molar-refractivity contribution in [3.8, 4) is 11.5 Å². The number of benzene rings is 4. The Hall–Kier alpha value is -4.57. The molecule has 0 spiro atoms. The van der Waals surface area contributed by atoms with E-state index in [9.17, 15) is 9.36 Å². The van der Waals surface area contributed by atoms with Gasteiger partial charge in [0.25, 0.3) is 5.56 Å². The number of rotatable bonds is 6. The third-order valence-corrected chi connectivity index (χ3v) is 8.08. The van der Waals surface area contributed by atoms with Crippen molar-refractivity contribution in [1.82, 2.24) is 29.5 Å². The molecule has 4 aromatic carbocycles. The number of hydrogen-bond acceptors (Lipinski definition) is 7. The summed E-state index contributed by atoms with van der Waals surface area (Å²) in [4.78, 5) is 19.5. The Bertz CT molecular complexity index is 2560. The third-order valence-electron chi connectivity index (χ3n) is 7.82. The summed E-state index contributed by atoms with van der Waals surface area (Å²) in [6.45, 7) is 9.27. The minimum absolute atomic E-state index is 0.160. The van der Waals surface area contributed by atoms with Crippen molar-refractivity contribution in [2.75, 3.05) is 14.2 Å². The van der Waals surface area contributed by atoms with Crippen molar-refractivity contribution < 1.29 is 14.0 Å². The van der Waals surface area contributed by atoms with Crippen molar-refractivity contribution >= 4 is 94.1 Å². The van der Waals surface area contributed by atoms with Gasteiger partial charge in [-0.05, 0) is 81.2 Å². The predicted molar refractivity (Wildman–Crippen MR) is 230 cm³/mol. The van der Waals surface area contributed by atoms with Gasteiger partial charge < -0.3 is 14.5 Å². The van der Waals surface area contributed by atoms with E-state index in [1.54, 1.807) is 18.9 Å². The molecule has 10 nitrogen and oxygen atoms in total. The molecule has 8 aromatic rings. The predicted octanol–water partition coefficient (Wildman–Crippen LogP) is 12.1. The molecule has 0 radical (unpaired) electrons. The summed E-state index contributed by atoms with van der Waals surface area (Å²) in [5.74, 6) is 1.67. The molecule has 0 unspecified atom stereocenters. The second-order valence-electron chi connectivity index (χ2n) is 11.2. The van der Waals surface area contributed by atoms with Crippen LogP contribution < -0.4 is 15.0 Å². The summed E-state index contributed by atoms with van der Waals surface area (Å²) >= 11 is 20.1. The minimum Gasteiger partial charge on any atom is -0.497 e. The van der Waals surface area contributed by atoms with E-state index in [0.717, 1.165) is 60.7 Å². The van der Waals surface area contributed by atoms with Gasteiger partial charge in [0.1, 0.15) is 17.0 Å². The summed E-state index contributed by atoms with van der Waals surface area (Å²) in [5.41, 5.74) is 5.00. The van der Waals surface area contributed by atoms with Crippen LogP contribution in [0, 0.1) is 0 Å². The van der Waals surface area contributed by atoms with Gasteiger partial charge in [0.15, 0.2) is 10.7 Å². The lowest BCUT2D eigenvalue weighted by Crippen LogP contribution is -2.07. The lowest BCUT2D eigenvalue weighted by atomic mass is 10.1. The Morgan fingerprint density at radius 3 is 1.58 bits per heavy atom. The van der Waals surface area contributed by atoms with E-state index in [4.69, 9.17) is 21.1 Å². The fourth-order valence-corrected chi connectivity index (χ4v) is 5.75. The first-order valence-corrected chi connectivity index (χ1v) is 22.1. The summed E-state index contributed by atoms with van der Waals surface area (Å²) in [5, 5.41) is 10.2. The highest BCUT2D eigenvalue weighted by atomic mass is 36.0. The summed E-state index contributed by atoms with van der Waals surface area (Å²) in [7, 11) is 3.31. The van der Waals surface area contributed by atoms with Gasteiger partial charge in [0.2, 0.25) is 0 Å². The van der Waals surface area contributed by atoms with Crippen molar-refractivity contribution in [2.24, 2.45) is 0 Å². The van der Waals surface area contributed by atoms with Crippen molar-refractivity contribution in [3.05, 3.63) is 136 Å². The number of nitrogens with one attached hydrogen (secondary N) is 1. The highest BCUT2D eigenvalue weighted by molar-refractivity contribution is 8.24. The fraction of sp³-hybridized carbons (Fsp3) is 0.200. The molecule has 4 heterocycles. The highest BCUT2D eigenvalue weighted by Crippen LogP contribution is 2.61. The number of halogens is 4. The van der Waals surface area contributed by atoms with Gasteiger partial charge in [-0.15, -0.1) is 0 Å². The molecule has 4 aromatic heterocycles. The number of hydrogen-bond donors (Lipinski definition) is 1. The van der Waals surface area contributed by atoms with Crippen molar-refractivity contribution in [2.45, 2.75) is 40.8 Å². The Balaban J connectivity index is 0.000000202. The van der Waals surface area contributed by atoms with Crippen LogP contribution in [0.4, 0.5) is 0 Å². The molecule has 8 rings (SSSR count). The van der Waals surface area contributed by atoms with Crippen LogP contribution in [0.5, 0.6) is 11.5 Å². The van der Waals surface area contributed by atoms with Gasteiger partial charge >= 0.3 is 5.20 Å². The number of aromatic nitrogens is 6. The summed E-state index contributed by atoms with van der Waals surface area (Å²) in [6, 6.07) is 31.5. The van der Waals surface area contributed by atoms with Gasteiger partial charge in [-0.2, -0.15) is 10.2 Å². The first kappa shape index (κ1) is 43.2. The molecule has 0 saturated carbocycles. The smallest absolute Gasteiger partial charge is 0.339 e. The monoisotopic (exact) mass is 840 g/mol. The quantitative estimate of drug-likeness (QED) is 0.131. The topological polar surface area (TPSA) is 117 Å². The molecule has 0 saturated heterocycles. The number of nitrogens with zero attached hydrogens (tertiary/aromatic N) is 5. The second kappa shape index (κ2) is 20.4. The minimum atomic E-state index is -3.22. The molecule has 55 heavy (non-hydrogen) atoms. The van der Waals surface area contributed by atoms with E-state index in [-0.39, 0.29) is 5.56 Å². The zero-order valence-electron chi connectivity index (χ0n) is 31.1. The van der Waals surface area contributed by atoms with Crippen molar-refractivity contribution in [3.63, 3.8) is 0 Å². The van der Waals surface area contributed by atoms with E-state index in [2.05, 4.69) is 53.9 Å². The maximum atomic E-state index is 12.2. The highest BCUT2D eigenvalue weighted by Gasteiger charge is 2.12. The van der Waals surface area contributed by atoms with Crippen LogP contribution in [-0.4, -0.2) is 43.7 Å². The van der Waals surface area contributed by atoms with Gasteiger partial charge in [0, 0.05) is 39.5 Å². The second-order valence-corrected chi connectivity index (χ2v) is 18.2. The zero-order valence-corrected chi connectivity index (χ0v) is 35.1. The Labute approximate surface area is 338 Å². The lowest BCUT2D eigenvalue weighted by molar-refractivity contribution is 0.414. The number of aromatic amines is 1. The first-order chi connectivity index (χ1) is 26.5. The van der Waals surface area contributed by atoms with E-state index >= 15 is 0 Å². The maximum absolute atomic E-state index is 12.2. The Morgan fingerprint density at radius 2 is 1.07 bits per heavy atom. The van der Waals surface area contributed by atoms with E-state index < -0.39 is 5.20 Å². The summed E-state index contributed by atoms with van der Waals surface area (Å²) in [6.07, 6.45) is 3.95. The number of para-hydroxylation sites is 2.